The average molecular weight is 303 g/mol. The Balaban J connectivity index is 1.86. The van der Waals surface area contributed by atoms with Gasteiger partial charge in [0, 0.05) is 18.3 Å². The molecule has 23 heavy (non-hydrogen) atoms. The Bertz CT molecular complexity index is 733. The zero-order chi connectivity index (χ0) is 16.1. The van der Waals surface area contributed by atoms with Gasteiger partial charge in [0.15, 0.2) is 0 Å². The Labute approximate surface area is 137 Å². The fourth-order valence-electron chi connectivity index (χ4n) is 2.95. The second-order valence-corrected chi connectivity index (χ2v) is 5.59. The summed E-state index contributed by atoms with van der Waals surface area (Å²) in [6.45, 7) is 2.22. The van der Waals surface area contributed by atoms with Gasteiger partial charge in [-0.1, -0.05) is 43.3 Å². The van der Waals surface area contributed by atoms with E-state index in [-0.39, 0.29) is 0 Å². The van der Waals surface area contributed by atoms with Crippen LogP contribution in [0.25, 0.3) is 11.1 Å². The van der Waals surface area contributed by atoms with Crippen LogP contribution < -0.4 is 4.74 Å². The predicted molar refractivity (Wildman–Crippen MR) is 94.8 cm³/mol. The van der Waals surface area contributed by atoms with E-state index in [1.165, 1.54) is 22.3 Å². The summed E-state index contributed by atoms with van der Waals surface area (Å²) in [6.07, 6.45) is 4.80. The number of hydrogen-bond acceptors (Lipinski definition) is 2. The van der Waals surface area contributed by atoms with E-state index in [9.17, 15) is 0 Å². The average Bonchev–Trinajstić information content (AvgIpc) is 2.64. The summed E-state index contributed by atoms with van der Waals surface area (Å²) in [5.41, 5.74) is 5.09. The molecular formula is C21H21NO. The van der Waals surface area contributed by atoms with Crippen molar-refractivity contribution < 1.29 is 4.74 Å². The van der Waals surface area contributed by atoms with Gasteiger partial charge < -0.3 is 4.74 Å². The molecule has 0 aliphatic rings. The van der Waals surface area contributed by atoms with Crippen molar-refractivity contribution in [3.63, 3.8) is 0 Å². The molecule has 3 aromatic rings. The van der Waals surface area contributed by atoms with E-state index < -0.39 is 0 Å². The molecular weight excluding hydrogens is 282 g/mol. The number of hydrogen-bond donors (Lipinski definition) is 0. The van der Waals surface area contributed by atoms with Crippen molar-refractivity contribution in [1.29, 1.82) is 0 Å². The Hall–Kier alpha value is -2.61. The highest BCUT2D eigenvalue weighted by Gasteiger charge is 2.11. The molecule has 0 saturated carbocycles. The van der Waals surface area contributed by atoms with Crippen LogP contribution in [0.2, 0.25) is 0 Å². The van der Waals surface area contributed by atoms with Crippen LogP contribution in [-0.4, -0.2) is 12.1 Å². The normalized spacial score (nSPS) is 11.9. The molecule has 1 unspecified atom stereocenters. The molecule has 0 amide bonds. The maximum absolute atomic E-state index is 5.21. The number of rotatable bonds is 5. The quantitative estimate of drug-likeness (QED) is 0.638. The third-order valence-electron chi connectivity index (χ3n) is 4.25. The second-order valence-electron chi connectivity index (χ2n) is 5.59. The number of ether oxygens (including phenoxy) is 1. The first-order valence-corrected chi connectivity index (χ1v) is 7.96. The Morgan fingerprint density at radius 3 is 1.83 bits per heavy atom. The van der Waals surface area contributed by atoms with E-state index in [2.05, 4.69) is 60.4 Å². The van der Waals surface area contributed by atoms with E-state index in [4.69, 9.17) is 4.74 Å². The highest BCUT2D eigenvalue weighted by Crippen LogP contribution is 2.30. The molecule has 0 spiro atoms. The Kier molecular flexibility index (Phi) is 4.72. The highest BCUT2D eigenvalue weighted by molar-refractivity contribution is 5.64. The number of benzene rings is 2. The molecule has 0 fully saturated rings. The lowest BCUT2D eigenvalue weighted by molar-refractivity contribution is 0.415. The van der Waals surface area contributed by atoms with Crippen molar-refractivity contribution >= 4 is 0 Å². The summed E-state index contributed by atoms with van der Waals surface area (Å²) in [6, 6.07) is 21.2. The maximum Gasteiger partial charge on any atom is 0.118 e. The van der Waals surface area contributed by atoms with Crippen LogP contribution in [0.3, 0.4) is 0 Å². The lowest BCUT2D eigenvalue weighted by Crippen LogP contribution is -1.99. The van der Waals surface area contributed by atoms with E-state index in [1.54, 1.807) is 7.11 Å². The molecule has 1 heterocycles. The third-order valence-corrected chi connectivity index (χ3v) is 4.25. The van der Waals surface area contributed by atoms with E-state index in [0.29, 0.717) is 5.92 Å². The maximum atomic E-state index is 5.21. The lowest BCUT2D eigenvalue weighted by Gasteiger charge is -2.16. The lowest BCUT2D eigenvalue weighted by atomic mass is 9.89. The minimum atomic E-state index is 0.419. The molecule has 2 heteroatoms. The van der Waals surface area contributed by atoms with Gasteiger partial charge in [-0.15, -0.1) is 0 Å². The van der Waals surface area contributed by atoms with Crippen molar-refractivity contribution in [1.82, 2.24) is 4.98 Å². The van der Waals surface area contributed by atoms with Crippen molar-refractivity contribution in [3.8, 4) is 16.9 Å². The van der Waals surface area contributed by atoms with Crippen LogP contribution in [0, 0.1) is 0 Å². The first kappa shape index (κ1) is 15.3. The van der Waals surface area contributed by atoms with Gasteiger partial charge in [0.2, 0.25) is 0 Å². The summed E-state index contributed by atoms with van der Waals surface area (Å²) in [4.78, 5) is 4.11. The van der Waals surface area contributed by atoms with E-state index in [0.717, 1.165) is 12.2 Å². The van der Waals surface area contributed by atoms with Gasteiger partial charge in [-0.2, -0.15) is 0 Å². The van der Waals surface area contributed by atoms with Crippen LogP contribution >= 0.6 is 0 Å². The molecule has 3 rings (SSSR count). The van der Waals surface area contributed by atoms with Crippen LogP contribution in [0.15, 0.2) is 73.1 Å². The Morgan fingerprint density at radius 2 is 1.30 bits per heavy atom. The van der Waals surface area contributed by atoms with E-state index in [1.807, 2.05) is 24.5 Å². The summed E-state index contributed by atoms with van der Waals surface area (Å²) < 4.78 is 5.21. The third kappa shape index (κ3) is 3.42. The number of pyridine rings is 1. The van der Waals surface area contributed by atoms with Crippen LogP contribution in [0.4, 0.5) is 0 Å². The zero-order valence-corrected chi connectivity index (χ0v) is 13.6. The topological polar surface area (TPSA) is 22.1 Å². The number of nitrogens with zero attached hydrogens (tertiary/aromatic N) is 1. The van der Waals surface area contributed by atoms with Gasteiger partial charge in [-0.25, -0.2) is 0 Å². The molecule has 0 aliphatic heterocycles. The van der Waals surface area contributed by atoms with E-state index >= 15 is 0 Å². The van der Waals surface area contributed by atoms with Crippen molar-refractivity contribution in [2.24, 2.45) is 0 Å². The summed E-state index contributed by atoms with van der Waals surface area (Å²) in [5, 5.41) is 0. The molecule has 116 valence electrons. The minimum Gasteiger partial charge on any atom is -0.497 e. The summed E-state index contributed by atoms with van der Waals surface area (Å²) >= 11 is 0. The Morgan fingerprint density at radius 1 is 0.783 bits per heavy atom. The molecule has 0 bridgehead atoms. The van der Waals surface area contributed by atoms with Gasteiger partial charge in [-0.05, 0) is 52.9 Å². The van der Waals surface area contributed by atoms with Gasteiger partial charge in [0.1, 0.15) is 5.75 Å². The molecule has 0 aliphatic carbocycles. The predicted octanol–water partition coefficient (Wildman–Crippen LogP) is 5.30. The van der Waals surface area contributed by atoms with Crippen LogP contribution in [-0.2, 0) is 0 Å². The second kappa shape index (κ2) is 7.10. The van der Waals surface area contributed by atoms with Gasteiger partial charge >= 0.3 is 0 Å². The largest absolute Gasteiger partial charge is 0.497 e. The van der Waals surface area contributed by atoms with Crippen LogP contribution in [0.5, 0.6) is 5.75 Å². The number of methoxy groups -OCH3 is 1. The van der Waals surface area contributed by atoms with Crippen molar-refractivity contribution in [2.45, 2.75) is 19.3 Å². The molecule has 2 aromatic carbocycles. The van der Waals surface area contributed by atoms with Crippen molar-refractivity contribution in [2.75, 3.05) is 7.11 Å². The first-order valence-electron chi connectivity index (χ1n) is 7.96. The standard InChI is InChI=1S/C21H21NO/c1-3-21(19-12-14-22-15-13-19)18-6-4-16(5-7-18)17-8-10-20(23-2)11-9-17/h4-15,21H,3H2,1-2H3. The minimum absolute atomic E-state index is 0.419. The summed E-state index contributed by atoms with van der Waals surface area (Å²) in [7, 11) is 1.69. The molecule has 0 N–H and O–H groups in total. The first-order chi connectivity index (χ1) is 11.3. The fraction of sp³-hybridized carbons (Fsp3) is 0.190. The smallest absolute Gasteiger partial charge is 0.118 e. The van der Waals surface area contributed by atoms with Gasteiger partial charge in [-0.3, -0.25) is 4.98 Å². The SMILES string of the molecule is CCC(c1ccncc1)c1ccc(-c2ccc(OC)cc2)cc1. The van der Waals surface area contributed by atoms with Crippen LogP contribution in [0.1, 0.15) is 30.4 Å². The fourth-order valence-corrected chi connectivity index (χ4v) is 2.95. The highest BCUT2D eigenvalue weighted by atomic mass is 16.5. The zero-order valence-electron chi connectivity index (χ0n) is 13.6. The number of aromatic nitrogens is 1. The van der Waals surface area contributed by atoms with Crippen molar-refractivity contribution in [3.05, 3.63) is 84.2 Å². The molecule has 1 aromatic heterocycles. The summed E-state index contributed by atoms with van der Waals surface area (Å²) in [5.74, 6) is 1.30. The van der Waals surface area contributed by atoms with Gasteiger partial charge in [0.25, 0.3) is 0 Å². The molecule has 0 saturated heterocycles. The molecule has 2 nitrogen and oxygen atoms in total. The molecule has 0 radical (unpaired) electrons. The monoisotopic (exact) mass is 303 g/mol. The van der Waals surface area contributed by atoms with Gasteiger partial charge in [0.05, 0.1) is 7.11 Å². The molecule has 1 atom stereocenters.